The van der Waals surface area contributed by atoms with Crippen molar-refractivity contribution in [1.82, 2.24) is 25.5 Å². The molecule has 0 aliphatic carbocycles. The van der Waals surface area contributed by atoms with Gasteiger partial charge in [-0.1, -0.05) is 6.07 Å². The lowest BCUT2D eigenvalue weighted by molar-refractivity contribution is 0.218. The zero-order chi connectivity index (χ0) is 20.8. The molecule has 1 atom stereocenters. The van der Waals surface area contributed by atoms with E-state index < -0.39 is 0 Å². The van der Waals surface area contributed by atoms with Gasteiger partial charge in [0.15, 0.2) is 11.5 Å². The maximum Gasteiger partial charge on any atom is 0.158 e. The minimum Gasteiger partial charge on any atom is -0.496 e. The van der Waals surface area contributed by atoms with Crippen LogP contribution in [0.1, 0.15) is 18.5 Å². The molecule has 0 radical (unpaired) electrons. The fourth-order valence-electron chi connectivity index (χ4n) is 3.44. The second-order valence-electron chi connectivity index (χ2n) is 7.05. The van der Waals surface area contributed by atoms with Gasteiger partial charge in [0.1, 0.15) is 23.4 Å². The Morgan fingerprint density at radius 3 is 2.87 bits per heavy atom. The second-order valence-corrected chi connectivity index (χ2v) is 7.05. The largest absolute Gasteiger partial charge is 0.496 e. The van der Waals surface area contributed by atoms with Crippen LogP contribution < -0.4 is 20.1 Å². The average Bonchev–Trinajstić information content (AvgIpc) is 3.26. The summed E-state index contributed by atoms with van der Waals surface area (Å²) in [6.07, 6.45) is 5.23. The van der Waals surface area contributed by atoms with Gasteiger partial charge in [0.05, 0.1) is 37.4 Å². The molecule has 1 aliphatic rings. The molecule has 1 fully saturated rings. The summed E-state index contributed by atoms with van der Waals surface area (Å²) in [5.74, 6) is 2.99. The summed E-state index contributed by atoms with van der Waals surface area (Å²) in [4.78, 5) is 8.15. The van der Waals surface area contributed by atoms with Crippen LogP contribution in [-0.4, -0.2) is 47.0 Å². The summed E-state index contributed by atoms with van der Waals surface area (Å²) in [5, 5.41) is 22.7. The standard InChI is InChI=1S/C21H23N7O2/c1-29-17-5-2-6-18(30-13-14-4-3-7-23-10-14)21(17)16-8-19(28-27-16)26-20-12-24-15(9-22)11-25-20/h2,5-6,8,11-12,14,23H,3-4,7,10,13H2,1H3,(H2,25,26,27,28). The Labute approximate surface area is 174 Å². The van der Waals surface area contributed by atoms with Gasteiger partial charge < -0.3 is 20.1 Å². The lowest BCUT2D eigenvalue weighted by Crippen LogP contribution is -2.33. The van der Waals surface area contributed by atoms with Crippen LogP contribution in [0.15, 0.2) is 36.7 Å². The van der Waals surface area contributed by atoms with Crippen LogP contribution in [0.4, 0.5) is 11.6 Å². The number of hydrogen-bond acceptors (Lipinski definition) is 8. The number of aromatic nitrogens is 4. The van der Waals surface area contributed by atoms with Crippen molar-refractivity contribution in [3.8, 4) is 28.8 Å². The smallest absolute Gasteiger partial charge is 0.158 e. The number of nitrogens with one attached hydrogen (secondary N) is 3. The predicted molar refractivity (Wildman–Crippen MR) is 112 cm³/mol. The Kier molecular flexibility index (Phi) is 6.06. The Hall–Kier alpha value is -3.64. The highest BCUT2D eigenvalue weighted by atomic mass is 16.5. The minimum absolute atomic E-state index is 0.257. The number of ether oxygens (including phenoxy) is 2. The molecule has 3 heterocycles. The number of benzene rings is 1. The molecule has 154 valence electrons. The third-order valence-electron chi connectivity index (χ3n) is 4.95. The van der Waals surface area contributed by atoms with E-state index in [1.807, 2.05) is 30.3 Å². The van der Waals surface area contributed by atoms with Crippen molar-refractivity contribution in [1.29, 1.82) is 5.26 Å². The van der Waals surface area contributed by atoms with Gasteiger partial charge in [-0.05, 0) is 31.5 Å². The van der Waals surface area contributed by atoms with Gasteiger partial charge >= 0.3 is 0 Å². The fourth-order valence-corrected chi connectivity index (χ4v) is 3.44. The normalized spacial score (nSPS) is 15.9. The Balaban J connectivity index is 1.54. The Morgan fingerprint density at radius 1 is 1.23 bits per heavy atom. The summed E-state index contributed by atoms with van der Waals surface area (Å²) >= 11 is 0. The molecule has 1 aliphatic heterocycles. The number of anilines is 2. The number of hydrogen-bond donors (Lipinski definition) is 3. The second kappa shape index (κ2) is 9.24. The number of H-pyrrole nitrogens is 1. The molecular weight excluding hydrogens is 382 g/mol. The van der Waals surface area contributed by atoms with Crippen molar-refractivity contribution in [3.05, 3.63) is 42.4 Å². The molecule has 9 heteroatoms. The number of rotatable bonds is 7. The van der Waals surface area contributed by atoms with Gasteiger partial charge in [-0.15, -0.1) is 0 Å². The lowest BCUT2D eigenvalue weighted by atomic mass is 10.0. The van der Waals surface area contributed by atoms with E-state index >= 15 is 0 Å². The van der Waals surface area contributed by atoms with Gasteiger partial charge in [0, 0.05) is 18.5 Å². The molecule has 30 heavy (non-hydrogen) atoms. The molecule has 9 nitrogen and oxygen atoms in total. The summed E-state index contributed by atoms with van der Waals surface area (Å²) in [6.45, 7) is 2.70. The zero-order valence-electron chi connectivity index (χ0n) is 16.7. The number of aromatic amines is 1. The predicted octanol–water partition coefficient (Wildman–Crippen LogP) is 2.87. The number of nitrogens with zero attached hydrogens (tertiary/aromatic N) is 4. The van der Waals surface area contributed by atoms with Gasteiger partial charge in [-0.25, -0.2) is 9.97 Å². The van der Waals surface area contributed by atoms with E-state index in [4.69, 9.17) is 14.7 Å². The van der Waals surface area contributed by atoms with Crippen LogP contribution in [0.2, 0.25) is 0 Å². The zero-order valence-corrected chi connectivity index (χ0v) is 16.7. The Morgan fingerprint density at radius 2 is 2.13 bits per heavy atom. The summed E-state index contributed by atoms with van der Waals surface area (Å²) < 4.78 is 11.8. The van der Waals surface area contributed by atoms with Crippen molar-refractivity contribution in [3.63, 3.8) is 0 Å². The molecule has 0 spiro atoms. The van der Waals surface area contributed by atoms with E-state index in [-0.39, 0.29) is 5.69 Å². The van der Waals surface area contributed by atoms with Crippen molar-refractivity contribution in [2.75, 3.05) is 32.1 Å². The molecule has 4 rings (SSSR count). The van der Waals surface area contributed by atoms with Crippen molar-refractivity contribution in [2.24, 2.45) is 5.92 Å². The summed E-state index contributed by atoms with van der Waals surface area (Å²) in [5.41, 5.74) is 1.83. The van der Waals surface area contributed by atoms with E-state index in [1.54, 1.807) is 7.11 Å². The van der Waals surface area contributed by atoms with Crippen LogP contribution in [0.25, 0.3) is 11.3 Å². The van der Waals surface area contributed by atoms with Gasteiger partial charge in [0.2, 0.25) is 0 Å². The van der Waals surface area contributed by atoms with Crippen LogP contribution in [0.3, 0.4) is 0 Å². The maximum absolute atomic E-state index is 8.83. The molecule has 0 saturated carbocycles. The summed E-state index contributed by atoms with van der Waals surface area (Å²) in [7, 11) is 1.63. The van der Waals surface area contributed by atoms with Crippen LogP contribution in [0.5, 0.6) is 11.5 Å². The van der Waals surface area contributed by atoms with Crippen LogP contribution in [0, 0.1) is 17.2 Å². The SMILES string of the molecule is COc1cccc(OCC2CCCNC2)c1-c1cc(Nc2cnc(C#N)cn2)n[nH]1. The first-order valence-electron chi connectivity index (χ1n) is 9.82. The Bertz CT molecular complexity index is 1020. The van der Waals surface area contributed by atoms with E-state index in [9.17, 15) is 0 Å². The molecule has 0 bridgehead atoms. The minimum atomic E-state index is 0.257. The molecule has 1 unspecified atom stereocenters. The fraction of sp³-hybridized carbons (Fsp3) is 0.333. The molecule has 1 aromatic carbocycles. The highest BCUT2D eigenvalue weighted by Gasteiger charge is 2.18. The van der Waals surface area contributed by atoms with Crippen LogP contribution >= 0.6 is 0 Å². The molecule has 1 saturated heterocycles. The van der Waals surface area contributed by atoms with E-state index in [0.717, 1.165) is 36.5 Å². The van der Waals surface area contributed by atoms with Crippen LogP contribution in [-0.2, 0) is 0 Å². The third kappa shape index (κ3) is 4.50. The number of piperidine rings is 1. The number of methoxy groups -OCH3 is 1. The van der Waals surface area contributed by atoms with Gasteiger partial charge in [-0.3, -0.25) is 5.10 Å². The van der Waals surface area contributed by atoms with Crippen molar-refractivity contribution in [2.45, 2.75) is 12.8 Å². The summed E-state index contributed by atoms with van der Waals surface area (Å²) in [6, 6.07) is 9.54. The molecule has 2 aromatic heterocycles. The van der Waals surface area contributed by atoms with Gasteiger partial charge in [0.25, 0.3) is 0 Å². The topological polar surface area (TPSA) is 121 Å². The lowest BCUT2D eigenvalue weighted by Gasteiger charge is -2.23. The molecule has 0 amide bonds. The third-order valence-corrected chi connectivity index (χ3v) is 4.95. The van der Waals surface area contributed by atoms with Crippen molar-refractivity contribution < 1.29 is 9.47 Å². The quantitative estimate of drug-likeness (QED) is 0.549. The molecule has 3 N–H and O–H groups in total. The maximum atomic E-state index is 8.83. The highest BCUT2D eigenvalue weighted by molar-refractivity contribution is 5.76. The first-order valence-corrected chi connectivity index (χ1v) is 9.82. The van der Waals surface area contributed by atoms with E-state index in [1.165, 1.54) is 18.8 Å². The molecule has 3 aromatic rings. The average molecular weight is 405 g/mol. The molecular formula is C21H23N7O2. The van der Waals surface area contributed by atoms with E-state index in [0.29, 0.717) is 29.9 Å². The monoisotopic (exact) mass is 405 g/mol. The van der Waals surface area contributed by atoms with Gasteiger partial charge in [-0.2, -0.15) is 10.4 Å². The number of nitriles is 1. The first kappa shape index (κ1) is 19.7. The highest BCUT2D eigenvalue weighted by Crippen LogP contribution is 2.38. The van der Waals surface area contributed by atoms with E-state index in [2.05, 4.69) is 30.8 Å². The first-order chi connectivity index (χ1) is 14.8. The van der Waals surface area contributed by atoms with Crippen molar-refractivity contribution >= 4 is 11.6 Å².